The minimum atomic E-state index is -0.273. The van der Waals surface area contributed by atoms with Crippen molar-refractivity contribution in [1.29, 1.82) is 0 Å². The van der Waals surface area contributed by atoms with Crippen LogP contribution in [-0.2, 0) is 11.3 Å². The van der Waals surface area contributed by atoms with Crippen LogP contribution in [0.3, 0.4) is 0 Å². The molecule has 3 aromatic rings. The van der Waals surface area contributed by atoms with Crippen molar-refractivity contribution in [3.8, 4) is 0 Å². The minimum absolute atomic E-state index is 0.273. The summed E-state index contributed by atoms with van der Waals surface area (Å²) in [5.74, 6) is 0.00770. The van der Waals surface area contributed by atoms with E-state index in [1.54, 1.807) is 18.2 Å². The van der Waals surface area contributed by atoms with Crippen molar-refractivity contribution in [2.24, 2.45) is 0 Å². The summed E-state index contributed by atoms with van der Waals surface area (Å²) in [7, 11) is 0. The second-order valence-corrected chi connectivity index (χ2v) is 4.79. The van der Waals surface area contributed by atoms with Gasteiger partial charge in [-0.3, -0.25) is 9.59 Å². The topological polar surface area (TPSA) is 71.3 Å². The highest BCUT2D eigenvalue weighted by Crippen LogP contribution is 2.18. The standard InChI is InChI=1S/C17H14N2O3/c20-11-19-14-6-3-4-12(8-14)10-18-17(21)16-9-13-5-1-2-7-15(13)22-16/h1-9,11H,10H2,(H,18,21)(H,19,20). The third-order valence-corrected chi connectivity index (χ3v) is 3.25. The summed E-state index contributed by atoms with van der Waals surface area (Å²) in [6.45, 7) is 0.351. The molecule has 1 heterocycles. The number of nitrogens with one attached hydrogen (secondary N) is 2. The van der Waals surface area contributed by atoms with Gasteiger partial charge in [-0.25, -0.2) is 0 Å². The number of carbonyl (C=O) groups excluding carboxylic acids is 2. The molecular formula is C17H14N2O3. The normalized spacial score (nSPS) is 10.4. The molecule has 1 aromatic heterocycles. The lowest BCUT2D eigenvalue weighted by Crippen LogP contribution is -2.22. The van der Waals surface area contributed by atoms with Gasteiger partial charge < -0.3 is 15.1 Å². The van der Waals surface area contributed by atoms with Crippen molar-refractivity contribution in [1.82, 2.24) is 5.32 Å². The average molecular weight is 294 g/mol. The molecular weight excluding hydrogens is 280 g/mol. The van der Waals surface area contributed by atoms with Gasteiger partial charge >= 0.3 is 0 Å². The molecule has 0 atom stereocenters. The zero-order valence-corrected chi connectivity index (χ0v) is 11.7. The summed E-state index contributed by atoms with van der Waals surface area (Å²) in [5.41, 5.74) is 2.26. The lowest BCUT2D eigenvalue weighted by molar-refractivity contribution is -0.105. The Morgan fingerprint density at radius 3 is 2.77 bits per heavy atom. The third-order valence-electron chi connectivity index (χ3n) is 3.25. The Morgan fingerprint density at radius 1 is 1.09 bits per heavy atom. The fourth-order valence-electron chi connectivity index (χ4n) is 2.20. The number of hydrogen-bond donors (Lipinski definition) is 2. The van der Waals surface area contributed by atoms with Gasteiger partial charge in [0.15, 0.2) is 5.76 Å². The molecule has 5 nitrogen and oxygen atoms in total. The molecule has 0 unspecified atom stereocenters. The first kappa shape index (κ1) is 13.9. The van der Waals surface area contributed by atoms with Crippen molar-refractivity contribution < 1.29 is 14.0 Å². The van der Waals surface area contributed by atoms with E-state index in [2.05, 4.69) is 10.6 Å². The molecule has 0 fully saturated rings. The first-order valence-corrected chi connectivity index (χ1v) is 6.82. The van der Waals surface area contributed by atoms with Crippen LogP contribution in [0.2, 0.25) is 0 Å². The Hall–Kier alpha value is -3.08. The number of benzene rings is 2. The monoisotopic (exact) mass is 294 g/mol. The van der Waals surface area contributed by atoms with Crippen LogP contribution in [0.1, 0.15) is 16.1 Å². The molecule has 110 valence electrons. The molecule has 0 aliphatic rings. The van der Waals surface area contributed by atoms with Gasteiger partial charge in [0.25, 0.3) is 5.91 Å². The first-order chi connectivity index (χ1) is 10.8. The smallest absolute Gasteiger partial charge is 0.287 e. The van der Waals surface area contributed by atoms with E-state index >= 15 is 0 Å². The van der Waals surface area contributed by atoms with E-state index in [0.29, 0.717) is 24.2 Å². The van der Waals surface area contributed by atoms with Crippen LogP contribution in [0.4, 0.5) is 5.69 Å². The highest BCUT2D eigenvalue weighted by Gasteiger charge is 2.11. The quantitative estimate of drug-likeness (QED) is 0.711. The predicted molar refractivity (Wildman–Crippen MR) is 83.5 cm³/mol. The maximum absolute atomic E-state index is 12.1. The van der Waals surface area contributed by atoms with E-state index < -0.39 is 0 Å². The first-order valence-electron chi connectivity index (χ1n) is 6.82. The summed E-state index contributed by atoms with van der Waals surface area (Å²) < 4.78 is 5.51. The second kappa shape index (κ2) is 6.13. The molecule has 5 heteroatoms. The second-order valence-electron chi connectivity index (χ2n) is 4.79. The number of rotatable bonds is 5. The maximum Gasteiger partial charge on any atom is 0.287 e. The van der Waals surface area contributed by atoms with Crippen molar-refractivity contribution in [3.63, 3.8) is 0 Å². The van der Waals surface area contributed by atoms with E-state index in [0.717, 1.165) is 10.9 Å². The minimum Gasteiger partial charge on any atom is -0.451 e. The maximum atomic E-state index is 12.1. The van der Waals surface area contributed by atoms with Gasteiger partial charge in [0.2, 0.25) is 6.41 Å². The number of para-hydroxylation sites is 1. The molecule has 0 bridgehead atoms. The van der Waals surface area contributed by atoms with E-state index in [-0.39, 0.29) is 11.7 Å². The molecule has 0 radical (unpaired) electrons. The summed E-state index contributed by atoms with van der Waals surface area (Å²) in [6.07, 6.45) is 0.617. The van der Waals surface area contributed by atoms with E-state index in [1.165, 1.54) is 0 Å². The van der Waals surface area contributed by atoms with Gasteiger partial charge in [-0.15, -0.1) is 0 Å². The number of amides is 2. The van der Waals surface area contributed by atoms with Crippen LogP contribution in [0, 0.1) is 0 Å². The van der Waals surface area contributed by atoms with Crippen LogP contribution >= 0.6 is 0 Å². The van der Waals surface area contributed by atoms with Crippen LogP contribution in [0.25, 0.3) is 11.0 Å². The number of hydrogen-bond acceptors (Lipinski definition) is 3. The van der Waals surface area contributed by atoms with E-state index in [9.17, 15) is 9.59 Å². The number of carbonyl (C=O) groups is 2. The Morgan fingerprint density at radius 2 is 1.95 bits per heavy atom. The Labute approximate surface area is 126 Å². The average Bonchev–Trinajstić information content (AvgIpc) is 2.97. The molecule has 0 aliphatic heterocycles. The van der Waals surface area contributed by atoms with Gasteiger partial charge in [0.1, 0.15) is 5.58 Å². The molecule has 0 saturated carbocycles. The molecule has 3 rings (SSSR count). The number of furan rings is 1. The predicted octanol–water partition coefficient (Wildman–Crippen LogP) is 2.93. The SMILES string of the molecule is O=CNc1cccc(CNC(=O)c2cc3ccccc3o2)c1. The van der Waals surface area contributed by atoms with Gasteiger partial charge in [0, 0.05) is 17.6 Å². The fraction of sp³-hybridized carbons (Fsp3) is 0.0588. The van der Waals surface area contributed by atoms with E-state index in [4.69, 9.17) is 4.42 Å². The third kappa shape index (κ3) is 2.98. The number of anilines is 1. The van der Waals surface area contributed by atoms with Crippen molar-refractivity contribution in [2.75, 3.05) is 5.32 Å². The summed E-state index contributed by atoms with van der Waals surface area (Å²) in [4.78, 5) is 22.6. The lowest BCUT2D eigenvalue weighted by Gasteiger charge is -2.05. The summed E-state index contributed by atoms with van der Waals surface area (Å²) >= 11 is 0. The molecule has 22 heavy (non-hydrogen) atoms. The van der Waals surface area contributed by atoms with Gasteiger partial charge in [-0.1, -0.05) is 30.3 Å². The summed E-state index contributed by atoms with van der Waals surface area (Å²) in [6, 6.07) is 16.4. The fourth-order valence-corrected chi connectivity index (χ4v) is 2.20. The largest absolute Gasteiger partial charge is 0.451 e. The number of fused-ring (bicyclic) bond motifs is 1. The van der Waals surface area contributed by atoms with Gasteiger partial charge in [0.05, 0.1) is 0 Å². The zero-order valence-electron chi connectivity index (χ0n) is 11.7. The van der Waals surface area contributed by atoms with Crippen LogP contribution in [0.5, 0.6) is 0 Å². The molecule has 2 amide bonds. The Bertz CT molecular complexity index is 790. The van der Waals surface area contributed by atoms with Gasteiger partial charge in [-0.2, -0.15) is 0 Å². The van der Waals surface area contributed by atoms with Crippen LogP contribution in [0.15, 0.2) is 59.0 Å². The lowest BCUT2D eigenvalue weighted by atomic mass is 10.2. The van der Waals surface area contributed by atoms with Crippen LogP contribution in [-0.4, -0.2) is 12.3 Å². The highest BCUT2D eigenvalue weighted by atomic mass is 16.3. The van der Waals surface area contributed by atoms with Crippen molar-refractivity contribution in [2.45, 2.75) is 6.54 Å². The molecule has 0 spiro atoms. The van der Waals surface area contributed by atoms with Crippen molar-refractivity contribution >= 4 is 29.0 Å². The van der Waals surface area contributed by atoms with Gasteiger partial charge in [-0.05, 0) is 29.8 Å². The molecule has 2 N–H and O–H groups in total. The molecule has 2 aromatic carbocycles. The Balaban J connectivity index is 1.69. The zero-order chi connectivity index (χ0) is 15.4. The van der Waals surface area contributed by atoms with Crippen molar-refractivity contribution in [3.05, 3.63) is 65.9 Å². The molecule has 0 saturated heterocycles. The van der Waals surface area contributed by atoms with E-state index in [1.807, 2.05) is 36.4 Å². The highest BCUT2D eigenvalue weighted by molar-refractivity contribution is 5.96. The Kier molecular flexibility index (Phi) is 3.87. The molecule has 0 aliphatic carbocycles. The van der Waals surface area contributed by atoms with Crippen LogP contribution < -0.4 is 10.6 Å². The summed E-state index contributed by atoms with van der Waals surface area (Å²) in [5, 5.41) is 6.26.